The fourth-order valence-corrected chi connectivity index (χ4v) is 4.70. The molecule has 1 aromatic carbocycles. The van der Waals surface area contributed by atoms with Crippen LogP contribution in [-0.4, -0.2) is 64.2 Å². The van der Waals surface area contributed by atoms with Gasteiger partial charge in [-0.3, -0.25) is 9.48 Å². The molecule has 1 aliphatic heterocycles. The molecular weight excluding hydrogens is 436 g/mol. The average molecular weight is 475 g/mol. The Hall–Kier alpha value is -2.65. The molecular formula is C25H38N4O5. The Labute approximate surface area is 201 Å². The van der Waals surface area contributed by atoms with Crippen LogP contribution in [0.15, 0.2) is 18.2 Å². The summed E-state index contributed by atoms with van der Waals surface area (Å²) in [5.41, 5.74) is 2.49. The first-order chi connectivity index (χ1) is 16.0. The van der Waals surface area contributed by atoms with Crippen LogP contribution < -0.4 is 5.32 Å². The van der Waals surface area contributed by atoms with Gasteiger partial charge in [0.05, 0.1) is 31.0 Å². The van der Waals surface area contributed by atoms with E-state index in [0.29, 0.717) is 26.1 Å². The maximum atomic E-state index is 13.4. The Balaban J connectivity index is 0.00000324. The van der Waals surface area contributed by atoms with Crippen LogP contribution in [0.2, 0.25) is 0 Å². The minimum absolute atomic E-state index is 0. The number of aromatic nitrogens is 2. The van der Waals surface area contributed by atoms with Crippen molar-refractivity contribution in [3.05, 3.63) is 29.5 Å². The summed E-state index contributed by atoms with van der Waals surface area (Å²) in [6.45, 7) is 3.59. The second-order valence-corrected chi connectivity index (χ2v) is 8.86. The van der Waals surface area contributed by atoms with Crippen molar-refractivity contribution in [3.63, 3.8) is 0 Å². The number of fused-ring (bicyclic) bond motifs is 1. The summed E-state index contributed by atoms with van der Waals surface area (Å²) in [4.78, 5) is 26.7. The number of alkyl carbamates (subject to hydrolysis) is 1. The molecule has 2 amide bonds. The van der Waals surface area contributed by atoms with Crippen LogP contribution in [0.3, 0.4) is 0 Å². The first-order valence-corrected chi connectivity index (χ1v) is 11.9. The zero-order valence-corrected chi connectivity index (χ0v) is 19.5. The number of nitrogens with zero attached hydrogens (tertiary/aromatic N) is 3. The summed E-state index contributed by atoms with van der Waals surface area (Å²) < 4.78 is 12.3. The molecule has 2 aromatic rings. The van der Waals surface area contributed by atoms with Crippen molar-refractivity contribution in [2.24, 2.45) is 0 Å². The maximum Gasteiger partial charge on any atom is 0.406 e. The third-order valence-corrected chi connectivity index (χ3v) is 6.52. The van der Waals surface area contributed by atoms with Gasteiger partial charge in [0.1, 0.15) is 6.10 Å². The smallest absolute Gasteiger partial charge is 0.406 e. The van der Waals surface area contributed by atoms with Crippen molar-refractivity contribution in [2.75, 3.05) is 20.3 Å². The number of carbonyl (C=O) groups excluding carboxylic acids is 2. The third kappa shape index (κ3) is 5.52. The average Bonchev–Trinajstić information content (AvgIpc) is 3.61. The zero-order chi connectivity index (χ0) is 23.4. The number of amides is 2. The molecule has 4 rings (SSSR count). The molecule has 2 N–H and O–H groups in total. The number of aliphatic hydroxyl groups excluding tert-OH is 1. The van der Waals surface area contributed by atoms with E-state index in [-0.39, 0.29) is 38.1 Å². The highest BCUT2D eigenvalue weighted by molar-refractivity contribution is 5.87. The molecule has 34 heavy (non-hydrogen) atoms. The van der Waals surface area contributed by atoms with Gasteiger partial charge in [0, 0.05) is 36.7 Å². The van der Waals surface area contributed by atoms with Gasteiger partial charge in [0.2, 0.25) is 0 Å². The van der Waals surface area contributed by atoms with Gasteiger partial charge in [-0.15, -0.1) is 0 Å². The normalized spacial score (nSPS) is 18.7. The van der Waals surface area contributed by atoms with Gasteiger partial charge in [0.25, 0.3) is 5.91 Å². The predicted octanol–water partition coefficient (Wildman–Crippen LogP) is 3.53. The molecule has 0 unspecified atom stereocenters. The number of para-hydroxylation sites is 1. The van der Waals surface area contributed by atoms with E-state index in [2.05, 4.69) is 10.1 Å². The van der Waals surface area contributed by atoms with Gasteiger partial charge in [0.15, 0.2) is 0 Å². The minimum atomic E-state index is -0.464. The fourth-order valence-electron chi connectivity index (χ4n) is 4.70. The highest BCUT2D eigenvalue weighted by Crippen LogP contribution is 2.38. The maximum absolute atomic E-state index is 13.4. The van der Waals surface area contributed by atoms with Gasteiger partial charge in [-0.05, 0) is 45.4 Å². The van der Waals surface area contributed by atoms with Gasteiger partial charge in [-0.1, -0.05) is 25.6 Å². The van der Waals surface area contributed by atoms with Crippen LogP contribution in [-0.2, 0) is 27.4 Å². The first kappa shape index (κ1) is 26.0. The highest BCUT2D eigenvalue weighted by Gasteiger charge is 2.41. The molecule has 0 bridgehead atoms. The van der Waals surface area contributed by atoms with Gasteiger partial charge < -0.3 is 24.8 Å². The van der Waals surface area contributed by atoms with Crippen molar-refractivity contribution in [2.45, 2.75) is 84.2 Å². The number of hydrogen-bond donors (Lipinski definition) is 2. The molecule has 2 atom stereocenters. The summed E-state index contributed by atoms with van der Waals surface area (Å²) in [5.74, 6) is 0.0630. The van der Waals surface area contributed by atoms with E-state index in [4.69, 9.17) is 9.84 Å². The summed E-state index contributed by atoms with van der Waals surface area (Å²) in [6.07, 6.45) is 4.62. The van der Waals surface area contributed by atoms with E-state index in [1.54, 1.807) is 0 Å². The van der Waals surface area contributed by atoms with Gasteiger partial charge in [-0.2, -0.15) is 5.10 Å². The molecule has 0 radical (unpaired) electrons. The quantitative estimate of drug-likeness (QED) is 0.539. The SMILES string of the molecule is C.COC(=O)NCCCn1nc([C@@H](C)N(C(=O)[C@H]2CCCCO2)C2CC2)c2cccc(CO)c21. The molecule has 9 heteroatoms. The predicted molar refractivity (Wildman–Crippen MR) is 129 cm³/mol. The van der Waals surface area contributed by atoms with E-state index < -0.39 is 6.09 Å². The van der Waals surface area contributed by atoms with Crippen LogP contribution in [0.4, 0.5) is 4.79 Å². The molecule has 1 saturated heterocycles. The number of aryl methyl sites for hydroxylation is 1. The lowest BCUT2D eigenvalue weighted by Gasteiger charge is -2.33. The number of benzene rings is 1. The molecule has 188 valence electrons. The third-order valence-electron chi connectivity index (χ3n) is 6.52. The number of hydrogen-bond acceptors (Lipinski definition) is 6. The molecule has 2 fully saturated rings. The summed E-state index contributed by atoms with van der Waals surface area (Å²) in [7, 11) is 1.34. The monoisotopic (exact) mass is 474 g/mol. The second-order valence-electron chi connectivity index (χ2n) is 8.86. The standard InChI is InChI=1S/C24H34N4O5.CH4/c1-16(28(18-10-11-18)23(30)20-9-3-4-14-33-20)21-19-8-5-7-17(15-29)22(19)27(26-21)13-6-12-25-24(31)32-2;/h5,7-8,16,18,20,29H,3-4,6,9-15H2,1-2H3,(H,25,31);1H4/t16-,20-;/m1./s1. The Morgan fingerprint density at radius 3 is 2.76 bits per heavy atom. The Morgan fingerprint density at radius 1 is 1.32 bits per heavy atom. The Bertz CT molecular complexity index is 981. The van der Waals surface area contributed by atoms with E-state index >= 15 is 0 Å². The number of rotatable bonds is 9. The lowest BCUT2D eigenvalue weighted by Crippen LogP contribution is -2.44. The molecule has 1 aliphatic carbocycles. The molecule has 0 spiro atoms. The Kier molecular flexibility index (Phi) is 8.90. The summed E-state index contributed by atoms with van der Waals surface area (Å²) >= 11 is 0. The van der Waals surface area contributed by atoms with Crippen LogP contribution >= 0.6 is 0 Å². The van der Waals surface area contributed by atoms with Crippen LogP contribution in [0.1, 0.15) is 70.2 Å². The van der Waals surface area contributed by atoms with Crippen molar-refractivity contribution >= 4 is 22.9 Å². The van der Waals surface area contributed by atoms with E-state index in [1.807, 2.05) is 34.7 Å². The van der Waals surface area contributed by atoms with E-state index in [0.717, 1.165) is 54.3 Å². The van der Waals surface area contributed by atoms with Gasteiger partial charge in [-0.25, -0.2) is 4.79 Å². The summed E-state index contributed by atoms with van der Waals surface area (Å²) in [5, 5.41) is 18.5. The van der Waals surface area contributed by atoms with Crippen LogP contribution in [0, 0.1) is 0 Å². The highest BCUT2D eigenvalue weighted by atomic mass is 16.5. The zero-order valence-electron chi connectivity index (χ0n) is 19.5. The topological polar surface area (TPSA) is 106 Å². The number of carbonyl (C=O) groups is 2. The Morgan fingerprint density at radius 2 is 2.12 bits per heavy atom. The first-order valence-electron chi connectivity index (χ1n) is 11.9. The van der Waals surface area contributed by atoms with Gasteiger partial charge >= 0.3 is 6.09 Å². The van der Waals surface area contributed by atoms with Crippen LogP contribution in [0.25, 0.3) is 10.9 Å². The lowest BCUT2D eigenvalue weighted by molar-refractivity contribution is -0.149. The van der Waals surface area contributed by atoms with E-state index in [9.17, 15) is 14.7 Å². The number of nitrogens with one attached hydrogen (secondary N) is 1. The molecule has 2 aliphatic rings. The lowest BCUT2D eigenvalue weighted by atomic mass is 10.0. The number of methoxy groups -OCH3 is 1. The number of ether oxygens (including phenoxy) is 2. The van der Waals surface area contributed by atoms with Crippen molar-refractivity contribution in [1.29, 1.82) is 0 Å². The second kappa shape index (κ2) is 11.7. The van der Waals surface area contributed by atoms with Crippen molar-refractivity contribution < 1.29 is 24.2 Å². The van der Waals surface area contributed by atoms with Crippen molar-refractivity contribution in [1.82, 2.24) is 20.0 Å². The van der Waals surface area contributed by atoms with Crippen LogP contribution in [0.5, 0.6) is 0 Å². The van der Waals surface area contributed by atoms with E-state index in [1.165, 1.54) is 7.11 Å². The number of aliphatic hydroxyl groups is 1. The molecule has 9 nitrogen and oxygen atoms in total. The van der Waals surface area contributed by atoms with Crippen molar-refractivity contribution in [3.8, 4) is 0 Å². The summed E-state index contributed by atoms with van der Waals surface area (Å²) in [6, 6.07) is 5.83. The minimum Gasteiger partial charge on any atom is -0.453 e. The molecule has 1 aromatic heterocycles. The largest absolute Gasteiger partial charge is 0.453 e. The molecule has 2 heterocycles. The fraction of sp³-hybridized carbons (Fsp3) is 0.640. The molecule has 1 saturated carbocycles.